The van der Waals surface area contributed by atoms with Crippen molar-refractivity contribution in [2.45, 2.75) is 20.0 Å². The molecule has 1 saturated heterocycles. The minimum atomic E-state index is 0.743. The smallest absolute Gasteiger partial charge is 0.174 e. The molecule has 1 aromatic carbocycles. The third-order valence-corrected chi connectivity index (χ3v) is 5.65. The van der Waals surface area contributed by atoms with Crippen LogP contribution in [-0.2, 0) is 20.1 Å². The highest BCUT2D eigenvalue weighted by molar-refractivity contribution is 7.80. The molecule has 0 unspecified atom stereocenters. The maximum Gasteiger partial charge on any atom is 0.174 e. The van der Waals surface area contributed by atoms with E-state index in [1.54, 1.807) is 0 Å². The number of thiocarbonyl (C=S) groups is 1. The minimum Gasteiger partial charge on any atom is -0.346 e. The zero-order chi connectivity index (χ0) is 20.2. The standard InChI is InChI=1S/C21H27N7S/c1-17-5-3-4-6-19(17)16-28-8-7-20(24-28)23-21(29)27-11-9-26(10-12-27)15-18-13-22-25(2)14-18/h3-8,13-14H,9-12,15-16H2,1-2H3,(H,23,24,29). The highest BCUT2D eigenvalue weighted by atomic mass is 32.1. The zero-order valence-electron chi connectivity index (χ0n) is 17.0. The number of benzene rings is 1. The van der Waals surface area contributed by atoms with Gasteiger partial charge in [0.1, 0.15) is 0 Å². The van der Waals surface area contributed by atoms with Crippen molar-refractivity contribution < 1.29 is 0 Å². The number of hydrogen-bond acceptors (Lipinski definition) is 4. The lowest BCUT2D eigenvalue weighted by atomic mass is 10.1. The van der Waals surface area contributed by atoms with E-state index in [4.69, 9.17) is 12.2 Å². The predicted octanol–water partition coefficient (Wildman–Crippen LogP) is 2.49. The largest absolute Gasteiger partial charge is 0.346 e. The van der Waals surface area contributed by atoms with Gasteiger partial charge in [0.2, 0.25) is 0 Å². The molecule has 0 amide bonds. The molecule has 0 spiro atoms. The Morgan fingerprint density at radius 3 is 2.62 bits per heavy atom. The number of anilines is 1. The second kappa shape index (κ2) is 8.75. The number of hydrogen-bond donors (Lipinski definition) is 1. The molecule has 1 aliphatic rings. The van der Waals surface area contributed by atoms with Crippen LogP contribution in [-0.4, -0.2) is 60.7 Å². The van der Waals surface area contributed by atoms with Crippen LogP contribution in [0.4, 0.5) is 5.82 Å². The summed E-state index contributed by atoms with van der Waals surface area (Å²) in [6.07, 6.45) is 6.00. The number of nitrogens with one attached hydrogen (secondary N) is 1. The molecule has 8 heteroatoms. The quantitative estimate of drug-likeness (QED) is 0.654. The summed E-state index contributed by atoms with van der Waals surface area (Å²) in [5, 5.41) is 12.9. The van der Waals surface area contributed by atoms with Crippen molar-refractivity contribution >= 4 is 23.1 Å². The van der Waals surface area contributed by atoms with Gasteiger partial charge in [-0.05, 0) is 30.3 Å². The lowest BCUT2D eigenvalue weighted by molar-refractivity contribution is 0.177. The molecule has 7 nitrogen and oxygen atoms in total. The Morgan fingerprint density at radius 1 is 1.10 bits per heavy atom. The fourth-order valence-corrected chi connectivity index (χ4v) is 3.87. The number of piperazine rings is 1. The maximum atomic E-state index is 5.62. The maximum absolute atomic E-state index is 5.62. The van der Waals surface area contributed by atoms with Crippen molar-refractivity contribution in [3.63, 3.8) is 0 Å². The number of aryl methyl sites for hydroxylation is 2. The molecule has 1 N–H and O–H groups in total. The molecule has 0 aliphatic carbocycles. The molecule has 0 saturated carbocycles. The van der Waals surface area contributed by atoms with E-state index in [2.05, 4.69) is 62.7 Å². The summed E-state index contributed by atoms with van der Waals surface area (Å²) < 4.78 is 3.79. The predicted molar refractivity (Wildman–Crippen MR) is 119 cm³/mol. The lowest BCUT2D eigenvalue weighted by Crippen LogP contribution is -2.49. The first-order valence-electron chi connectivity index (χ1n) is 9.90. The Kier molecular flexibility index (Phi) is 5.92. The van der Waals surface area contributed by atoms with E-state index >= 15 is 0 Å². The van der Waals surface area contributed by atoms with Crippen molar-refractivity contribution in [3.05, 3.63) is 65.6 Å². The van der Waals surface area contributed by atoms with Gasteiger partial charge < -0.3 is 10.2 Å². The summed E-state index contributed by atoms with van der Waals surface area (Å²) in [5.41, 5.74) is 3.80. The zero-order valence-corrected chi connectivity index (χ0v) is 17.8. The van der Waals surface area contributed by atoms with Crippen molar-refractivity contribution in [1.29, 1.82) is 0 Å². The summed E-state index contributed by atoms with van der Waals surface area (Å²) >= 11 is 5.62. The average molecular weight is 410 g/mol. The Balaban J connectivity index is 1.27. The summed E-state index contributed by atoms with van der Waals surface area (Å²) in [5.74, 6) is 0.793. The van der Waals surface area contributed by atoms with Crippen LogP contribution < -0.4 is 5.32 Å². The van der Waals surface area contributed by atoms with Crippen LogP contribution in [0.5, 0.6) is 0 Å². The van der Waals surface area contributed by atoms with Gasteiger partial charge in [-0.1, -0.05) is 24.3 Å². The van der Waals surface area contributed by atoms with Crippen LogP contribution >= 0.6 is 12.2 Å². The van der Waals surface area contributed by atoms with E-state index < -0.39 is 0 Å². The van der Waals surface area contributed by atoms with Gasteiger partial charge >= 0.3 is 0 Å². The first-order valence-corrected chi connectivity index (χ1v) is 10.3. The number of aromatic nitrogens is 4. The third kappa shape index (κ3) is 5.02. The van der Waals surface area contributed by atoms with Gasteiger partial charge in [-0.15, -0.1) is 0 Å². The molecule has 1 fully saturated rings. The van der Waals surface area contributed by atoms with Crippen LogP contribution in [0.2, 0.25) is 0 Å². The molecular formula is C21H27N7S. The highest BCUT2D eigenvalue weighted by Crippen LogP contribution is 2.12. The fourth-order valence-electron chi connectivity index (χ4n) is 3.59. The molecule has 0 atom stereocenters. The Hall–Kier alpha value is -2.71. The first kappa shape index (κ1) is 19.6. The van der Waals surface area contributed by atoms with Gasteiger partial charge in [0.05, 0.1) is 12.7 Å². The van der Waals surface area contributed by atoms with E-state index in [0.717, 1.165) is 50.2 Å². The average Bonchev–Trinajstić information content (AvgIpc) is 3.33. The topological polar surface area (TPSA) is 54.2 Å². The second-order valence-corrected chi connectivity index (χ2v) is 7.93. The van der Waals surface area contributed by atoms with Gasteiger partial charge in [-0.25, -0.2) is 0 Å². The fraction of sp³-hybridized carbons (Fsp3) is 0.381. The Bertz CT molecular complexity index is 969. The number of rotatable bonds is 5. The van der Waals surface area contributed by atoms with Crippen molar-refractivity contribution in [3.8, 4) is 0 Å². The van der Waals surface area contributed by atoms with E-state index in [1.807, 2.05) is 34.9 Å². The van der Waals surface area contributed by atoms with Gasteiger partial charge in [-0.3, -0.25) is 14.3 Å². The van der Waals surface area contributed by atoms with Crippen molar-refractivity contribution in [1.82, 2.24) is 29.4 Å². The molecule has 0 bridgehead atoms. The SMILES string of the molecule is Cc1ccccc1Cn1ccc(NC(=S)N2CCN(Cc3cnn(C)c3)CC2)n1. The van der Waals surface area contributed by atoms with Crippen LogP contribution in [0.15, 0.2) is 48.9 Å². The molecule has 29 heavy (non-hydrogen) atoms. The van der Waals surface area contributed by atoms with Gasteiger partial charge in [-0.2, -0.15) is 10.2 Å². The molecule has 2 aromatic heterocycles. The van der Waals surface area contributed by atoms with Crippen molar-refractivity contribution in [2.75, 3.05) is 31.5 Å². The van der Waals surface area contributed by atoms with E-state index in [-0.39, 0.29) is 0 Å². The molecule has 3 aromatic rings. The highest BCUT2D eigenvalue weighted by Gasteiger charge is 2.19. The Morgan fingerprint density at radius 2 is 1.90 bits per heavy atom. The molecule has 1 aliphatic heterocycles. The summed E-state index contributed by atoms with van der Waals surface area (Å²) in [4.78, 5) is 4.66. The van der Waals surface area contributed by atoms with Gasteiger partial charge in [0.25, 0.3) is 0 Å². The molecule has 3 heterocycles. The van der Waals surface area contributed by atoms with Gasteiger partial charge in [0.15, 0.2) is 10.9 Å². The van der Waals surface area contributed by atoms with Crippen LogP contribution in [0, 0.1) is 6.92 Å². The third-order valence-electron chi connectivity index (χ3n) is 5.29. The van der Waals surface area contributed by atoms with E-state index in [0.29, 0.717) is 0 Å². The molecular weight excluding hydrogens is 382 g/mol. The normalized spacial score (nSPS) is 14.9. The summed E-state index contributed by atoms with van der Waals surface area (Å²) in [6, 6.07) is 10.4. The van der Waals surface area contributed by atoms with Gasteiger partial charge in [0, 0.05) is 63.8 Å². The lowest BCUT2D eigenvalue weighted by Gasteiger charge is -2.35. The molecule has 4 rings (SSSR count). The number of nitrogens with zero attached hydrogens (tertiary/aromatic N) is 6. The van der Waals surface area contributed by atoms with Crippen LogP contribution in [0.25, 0.3) is 0 Å². The minimum absolute atomic E-state index is 0.743. The van der Waals surface area contributed by atoms with Crippen LogP contribution in [0.3, 0.4) is 0 Å². The molecule has 0 radical (unpaired) electrons. The first-order chi connectivity index (χ1) is 14.1. The van der Waals surface area contributed by atoms with Crippen molar-refractivity contribution in [2.24, 2.45) is 7.05 Å². The molecule has 152 valence electrons. The van der Waals surface area contributed by atoms with Crippen LogP contribution in [0.1, 0.15) is 16.7 Å². The van der Waals surface area contributed by atoms with E-state index in [1.165, 1.54) is 16.7 Å². The monoisotopic (exact) mass is 409 g/mol. The summed E-state index contributed by atoms with van der Waals surface area (Å²) in [7, 11) is 1.95. The van der Waals surface area contributed by atoms with E-state index in [9.17, 15) is 0 Å². The Labute approximate surface area is 176 Å². The second-order valence-electron chi connectivity index (χ2n) is 7.54. The summed E-state index contributed by atoms with van der Waals surface area (Å²) in [6.45, 7) is 7.61.